The van der Waals surface area contributed by atoms with Crippen molar-refractivity contribution in [2.45, 2.75) is 23.8 Å². The van der Waals surface area contributed by atoms with Gasteiger partial charge in [0.25, 0.3) is 5.91 Å². The summed E-state index contributed by atoms with van der Waals surface area (Å²) in [5.41, 5.74) is 0. The predicted octanol–water partition coefficient (Wildman–Crippen LogP) is 2.29. The fourth-order valence-corrected chi connectivity index (χ4v) is 3.02. The second-order valence-corrected chi connectivity index (χ2v) is 5.35. The molecule has 1 fully saturated rings. The van der Waals surface area contributed by atoms with E-state index in [1.165, 1.54) is 11.3 Å². The quantitative estimate of drug-likeness (QED) is 0.824. The molecular weight excluding hydrogens is 242 g/mol. The average molecular weight is 257 g/mol. The summed E-state index contributed by atoms with van der Waals surface area (Å²) in [7, 11) is 1.70. The van der Waals surface area contributed by atoms with Gasteiger partial charge in [-0.25, -0.2) is 0 Å². The summed E-state index contributed by atoms with van der Waals surface area (Å²) in [6.07, 6.45) is 2.25. The Morgan fingerprint density at radius 2 is 2.50 bits per heavy atom. The molecule has 88 valence electrons. The predicted molar refractivity (Wildman–Crippen MR) is 67.5 cm³/mol. The van der Waals surface area contributed by atoms with Gasteiger partial charge in [0.15, 0.2) is 0 Å². The standard InChI is InChI=1S/C11H15NO2S2/c1-14-8-3-2-4-12(6-8)11(13)10-5-9(15)7-16-10/h5,7-8,15H,2-4,6H2,1H3. The molecule has 1 amide bonds. The number of rotatable bonds is 2. The Balaban J connectivity index is 2.04. The van der Waals surface area contributed by atoms with Crippen molar-refractivity contribution < 1.29 is 9.53 Å². The Labute approximate surface area is 105 Å². The molecule has 0 aromatic carbocycles. The molecule has 0 radical (unpaired) electrons. The number of carbonyl (C=O) groups excluding carboxylic acids is 1. The number of carbonyl (C=O) groups is 1. The van der Waals surface area contributed by atoms with E-state index in [0.29, 0.717) is 6.54 Å². The van der Waals surface area contributed by atoms with E-state index in [1.54, 1.807) is 7.11 Å². The zero-order chi connectivity index (χ0) is 11.5. The second kappa shape index (κ2) is 5.21. The van der Waals surface area contributed by atoms with Crippen LogP contribution in [0.15, 0.2) is 16.3 Å². The Bertz CT molecular complexity index is 378. The molecule has 5 heteroatoms. The highest BCUT2D eigenvalue weighted by Gasteiger charge is 2.24. The second-order valence-electron chi connectivity index (χ2n) is 3.92. The molecule has 1 atom stereocenters. The van der Waals surface area contributed by atoms with Crippen molar-refractivity contribution in [3.63, 3.8) is 0 Å². The number of hydrogen-bond donors (Lipinski definition) is 1. The van der Waals surface area contributed by atoms with E-state index in [-0.39, 0.29) is 12.0 Å². The number of methoxy groups -OCH3 is 1. The van der Waals surface area contributed by atoms with Gasteiger partial charge in [0.1, 0.15) is 0 Å². The van der Waals surface area contributed by atoms with Crippen LogP contribution in [0.3, 0.4) is 0 Å². The van der Waals surface area contributed by atoms with Crippen LogP contribution in [0, 0.1) is 0 Å². The fourth-order valence-electron chi connectivity index (χ4n) is 1.91. The molecular formula is C11H15NO2S2. The van der Waals surface area contributed by atoms with Crippen molar-refractivity contribution in [3.8, 4) is 0 Å². The smallest absolute Gasteiger partial charge is 0.264 e. The molecule has 16 heavy (non-hydrogen) atoms. The number of amides is 1. The van der Waals surface area contributed by atoms with Crippen molar-refractivity contribution in [1.29, 1.82) is 0 Å². The number of thiol groups is 1. The zero-order valence-electron chi connectivity index (χ0n) is 9.18. The summed E-state index contributed by atoms with van der Waals surface area (Å²) in [5, 5.41) is 1.88. The lowest BCUT2D eigenvalue weighted by atomic mass is 10.1. The molecule has 0 bridgehead atoms. The lowest BCUT2D eigenvalue weighted by Gasteiger charge is -2.31. The minimum Gasteiger partial charge on any atom is -0.380 e. The van der Waals surface area contributed by atoms with Gasteiger partial charge in [-0.15, -0.1) is 24.0 Å². The highest BCUT2D eigenvalue weighted by molar-refractivity contribution is 7.80. The van der Waals surface area contributed by atoms with E-state index in [0.717, 1.165) is 29.2 Å². The largest absolute Gasteiger partial charge is 0.380 e. The third-order valence-electron chi connectivity index (χ3n) is 2.80. The van der Waals surface area contributed by atoms with Gasteiger partial charge in [-0.1, -0.05) is 0 Å². The van der Waals surface area contributed by atoms with Crippen molar-refractivity contribution >= 4 is 29.9 Å². The molecule has 1 aliphatic rings. The number of likely N-dealkylation sites (tertiary alicyclic amines) is 1. The SMILES string of the molecule is COC1CCCN(C(=O)c2cc(S)cs2)C1. The summed E-state index contributed by atoms with van der Waals surface area (Å²) >= 11 is 5.67. The van der Waals surface area contributed by atoms with Crippen LogP contribution in [0.1, 0.15) is 22.5 Å². The molecule has 0 aliphatic carbocycles. The van der Waals surface area contributed by atoms with Crippen LogP contribution in [0.2, 0.25) is 0 Å². The lowest BCUT2D eigenvalue weighted by molar-refractivity contribution is 0.0271. The Morgan fingerprint density at radius 1 is 1.69 bits per heavy atom. The van der Waals surface area contributed by atoms with Crippen LogP contribution < -0.4 is 0 Å². The fraction of sp³-hybridized carbons (Fsp3) is 0.545. The van der Waals surface area contributed by atoms with Crippen molar-refractivity contribution in [2.24, 2.45) is 0 Å². The number of ether oxygens (including phenoxy) is 1. The van der Waals surface area contributed by atoms with Gasteiger partial charge in [-0.2, -0.15) is 0 Å². The maximum Gasteiger partial charge on any atom is 0.264 e. The van der Waals surface area contributed by atoms with Gasteiger partial charge in [-0.05, 0) is 18.9 Å². The highest BCUT2D eigenvalue weighted by Crippen LogP contribution is 2.21. The van der Waals surface area contributed by atoms with Crippen LogP contribution in [-0.4, -0.2) is 37.1 Å². The minimum absolute atomic E-state index is 0.104. The average Bonchev–Trinajstić information content (AvgIpc) is 2.75. The molecule has 1 aromatic rings. The number of thiophene rings is 1. The van der Waals surface area contributed by atoms with Crippen LogP contribution in [-0.2, 0) is 4.74 Å². The van der Waals surface area contributed by atoms with E-state index >= 15 is 0 Å². The summed E-state index contributed by atoms with van der Waals surface area (Å²) in [6, 6.07) is 1.83. The van der Waals surface area contributed by atoms with E-state index in [2.05, 4.69) is 12.6 Å². The first-order valence-corrected chi connectivity index (χ1v) is 6.63. The van der Waals surface area contributed by atoms with Gasteiger partial charge in [-0.3, -0.25) is 4.79 Å². The van der Waals surface area contributed by atoms with E-state index in [9.17, 15) is 4.79 Å². The van der Waals surface area contributed by atoms with E-state index < -0.39 is 0 Å². The number of hydrogen-bond acceptors (Lipinski definition) is 4. The molecule has 0 saturated carbocycles. The summed E-state index contributed by atoms with van der Waals surface area (Å²) in [6.45, 7) is 1.54. The molecule has 1 aromatic heterocycles. The Kier molecular flexibility index (Phi) is 3.89. The third-order valence-corrected chi connectivity index (χ3v) is 4.15. The number of nitrogens with zero attached hydrogens (tertiary/aromatic N) is 1. The topological polar surface area (TPSA) is 29.5 Å². The molecule has 2 heterocycles. The first kappa shape index (κ1) is 12.0. The lowest BCUT2D eigenvalue weighted by Crippen LogP contribution is -2.42. The summed E-state index contributed by atoms with van der Waals surface area (Å²) in [5.74, 6) is 0.104. The summed E-state index contributed by atoms with van der Waals surface area (Å²) in [4.78, 5) is 15.6. The minimum atomic E-state index is 0.104. The van der Waals surface area contributed by atoms with Crippen molar-refractivity contribution in [1.82, 2.24) is 4.90 Å². The van der Waals surface area contributed by atoms with Crippen LogP contribution in [0.4, 0.5) is 0 Å². The van der Waals surface area contributed by atoms with Crippen molar-refractivity contribution in [2.75, 3.05) is 20.2 Å². The van der Waals surface area contributed by atoms with Crippen molar-refractivity contribution in [3.05, 3.63) is 16.3 Å². The zero-order valence-corrected chi connectivity index (χ0v) is 10.9. The first-order valence-electron chi connectivity index (χ1n) is 5.30. The maximum absolute atomic E-state index is 12.1. The van der Waals surface area contributed by atoms with E-state index in [1.807, 2.05) is 16.3 Å². The Morgan fingerprint density at radius 3 is 3.12 bits per heavy atom. The molecule has 1 unspecified atom stereocenters. The van der Waals surface area contributed by atoms with E-state index in [4.69, 9.17) is 4.74 Å². The van der Waals surface area contributed by atoms with Gasteiger partial charge < -0.3 is 9.64 Å². The maximum atomic E-state index is 12.1. The van der Waals surface area contributed by atoms with Crippen LogP contribution in [0.25, 0.3) is 0 Å². The highest BCUT2D eigenvalue weighted by atomic mass is 32.1. The van der Waals surface area contributed by atoms with Gasteiger partial charge >= 0.3 is 0 Å². The van der Waals surface area contributed by atoms with Gasteiger partial charge in [0.05, 0.1) is 11.0 Å². The molecule has 3 nitrogen and oxygen atoms in total. The van der Waals surface area contributed by atoms with Crippen LogP contribution in [0.5, 0.6) is 0 Å². The van der Waals surface area contributed by atoms with Gasteiger partial charge in [0, 0.05) is 30.5 Å². The summed E-state index contributed by atoms with van der Waals surface area (Å²) < 4.78 is 5.31. The Hall–Kier alpha value is -0.520. The van der Waals surface area contributed by atoms with Gasteiger partial charge in [0.2, 0.25) is 0 Å². The molecule has 1 saturated heterocycles. The molecule has 1 aliphatic heterocycles. The number of piperidine rings is 1. The monoisotopic (exact) mass is 257 g/mol. The molecule has 2 rings (SSSR count). The molecule has 0 N–H and O–H groups in total. The normalized spacial score (nSPS) is 21.1. The third kappa shape index (κ3) is 2.59. The van der Waals surface area contributed by atoms with Crippen LogP contribution >= 0.6 is 24.0 Å². The first-order chi connectivity index (χ1) is 7.70. The molecule has 0 spiro atoms.